The van der Waals surface area contributed by atoms with Crippen LogP contribution < -0.4 is 0 Å². The van der Waals surface area contributed by atoms with E-state index in [-0.39, 0.29) is 24.1 Å². The fourth-order valence-corrected chi connectivity index (χ4v) is 3.42. The molecule has 1 aromatic rings. The molecule has 0 bridgehead atoms. The van der Waals surface area contributed by atoms with Crippen LogP contribution in [0, 0.1) is 0 Å². The number of hydrogen-bond donors (Lipinski definition) is 1. The van der Waals surface area contributed by atoms with E-state index in [1.165, 1.54) is 11.8 Å². The van der Waals surface area contributed by atoms with Gasteiger partial charge in [0.25, 0.3) is 5.91 Å². The van der Waals surface area contributed by atoms with Gasteiger partial charge in [0.05, 0.1) is 12.5 Å². The molecule has 1 aliphatic heterocycles. The molecule has 0 saturated carbocycles. The lowest BCUT2D eigenvalue weighted by Gasteiger charge is -2.33. The Hall–Kier alpha value is -1.08. The van der Waals surface area contributed by atoms with Crippen LogP contribution in [0.15, 0.2) is 21.6 Å². The molecule has 1 saturated heterocycles. The average Bonchev–Trinajstić information content (AvgIpc) is 2.86. The van der Waals surface area contributed by atoms with E-state index in [1.807, 2.05) is 6.26 Å². The van der Waals surface area contributed by atoms with Gasteiger partial charge in [-0.3, -0.25) is 9.59 Å². The number of carbonyl (C=O) groups is 2. The number of amides is 1. The molecule has 0 radical (unpaired) electrons. The van der Waals surface area contributed by atoms with Crippen molar-refractivity contribution < 1.29 is 19.1 Å². The molecule has 7 heteroatoms. The molecule has 104 valence electrons. The molecule has 1 aliphatic rings. The predicted octanol–water partition coefficient (Wildman–Crippen LogP) is 2.03. The van der Waals surface area contributed by atoms with Crippen LogP contribution in [-0.4, -0.2) is 52.2 Å². The smallest absolute Gasteiger partial charge is 0.305 e. The first-order valence-electron chi connectivity index (χ1n) is 5.86. The van der Waals surface area contributed by atoms with Gasteiger partial charge >= 0.3 is 5.97 Å². The van der Waals surface area contributed by atoms with Crippen LogP contribution in [0.1, 0.15) is 17.0 Å². The molecule has 1 amide bonds. The van der Waals surface area contributed by atoms with Crippen LogP contribution in [0.4, 0.5) is 0 Å². The van der Waals surface area contributed by atoms with E-state index >= 15 is 0 Å². The molecule has 0 aromatic carbocycles. The molecule has 1 fully saturated rings. The summed E-state index contributed by atoms with van der Waals surface area (Å²) in [5.41, 5.74) is 0. The maximum Gasteiger partial charge on any atom is 0.305 e. The minimum atomic E-state index is -0.880. The quantitative estimate of drug-likeness (QED) is 0.858. The molecule has 19 heavy (non-hydrogen) atoms. The maximum atomic E-state index is 12.3. The average molecular weight is 301 g/mol. The number of thioether (sulfide) groups is 2. The molecule has 5 nitrogen and oxygen atoms in total. The number of rotatable bonds is 4. The van der Waals surface area contributed by atoms with E-state index in [1.54, 1.807) is 28.8 Å². The Morgan fingerprint density at radius 2 is 2.37 bits per heavy atom. The number of hydrogen-bond acceptors (Lipinski definition) is 5. The number of carboxylic acid groups (broad SMARTS) is 1. The highest BCUT2D eigenvalue weighted by molar-refractivity contribution is 7.99. The first-order valence-corrected chi connectivity index (χ1v) is 8.24. The molecule has 0 spiro atoms. The largest absolute Gasteiger partial charge is 0.481 e. The van der Waals surface area contributed by atoms with E-state index in [0.29, 0.717) is 17.4 Å². The van der Waals surface area contributed by atoms with Gasteiger partial charge in [0, 0.05) is 18.1 Å². The molecule has 2 heterocycles. The Bertz CT molecular complexity index is 474. The fourth-order valence-electron chi connectivity index (χ4n) is 1.98. The fraction of sp³-hybridized carbons (Fsp3) is 0.500. The summed E-state index contributed by atoms with van der Waals surface area (Å²) < 4.78 is 5.42. The van der Waals surface area contributed by atoms with E-state index in [4.69, 9.17) is 9.52 Å². The summed E-state index contributed by atoms with van der Waals surface area (Å²) in [5.74, 6) is 0.680. The summed E-state index contributed by atoms with van der Waals surface area (Å²) in [4.78, 5) is 24.8. The van der Waals surface area contributed by atoms with Gasteiger partial charge in [-0.2, -0.15) is 11.8 Å². The van der Waals surface area contributed by atoms with Crippen molar-refractivity contribution in [3.63, 3.8) is 0 Å². The summed E-state index contributed by atoms with van der Waals surface area (Å²) in [6.07, 6.45) is 1.85. The van der Waals surface area contributed by atoms with Crippen LogP contribution in [0.3, 0.4) is 0 Å². The maximum absolute atomic E-state index is 12.3. The third-order valence-corrected chi connectivity index (χ3v) is 4.61. The summed E-state index contributed by atoms with van der Waals surface area (Å²) in [6, 6.07) is 3.14. The molecule has 1 aromatic heterocycles. The van der Waals surface area contributed by atoms with Gasteiger partial charge in [0.1, 0.15) is 0 Å². The molecular weight excluding hydrogens is 286 g/mol. The van der Waals surface area contributed by atoms with Crippen molar-refractivity contribution in [2.75, 3.05) is 24.3 Å². The second-order valence-corrected chi connectivity index (χ2v) is 6.11. The van der Waals surface area contributed by atoms with Crippen molar-refractivity contribution >= 4 is 35.4 Å². The zero-order valence-corrected chi connectivity index (χ0v) is 12.1. The van der Waals surface area contributed by atoms with Crippen LogP contribution in [0.25, 0.3) is 0 Å². The van der Waals surface area contributed by atoms with Gasteiger partial charge in [-0.1, -0.05) is 11.8 Å². The third kappa shape index (κ3) is 3.48. The lowest BCUT2D eigenvalue weighted by Crippen LogP contribution is -2.47. The number of carboxylic acids is 1. The van der Waals surface area contributed by atoms with E-state index < -0.39 is 5.97 Å². The minimum absolute atomic E-state index is 0.0190. The number of furan rings is 1. The lowest BCUT2D eigenvalue weighted by atomic mass is 10.2. The molecular formula is C12H15NO4S2. The highest BCUT2D eigenvalue weighted by atomic mass is 32.2. The normalized spacial score (nSPS) is 19.4. The van der Waals surface area contributed by atoms with E-state index in [0.717, 1.165) is 5.75 Å². The molecule has 1 unspecified atom stereocenters. The number of carbonyl (C=O) groups excluding carboxylic acids is 1. The Balaban J connectivity index is 2.12. The van der Waals surface area contributed by atoms with Gasteiger partial charge < -0.3 is 14.4 Å². The number of aliphatic carboxylic acids is 1. The topological polar surface area (TPSA) is 70.8 Å². The first kappa shape index (κ1) is 14.3. The predicted molar refractivity (Wildman–Crippen MR) is 74.9 cm³/mol. The van der Waals surface area contributed by atoms with Crippen molar-refractivity contribution in [1.29, 1.82) is 0 Å². The second kappa shape index (κ2) is 6.38. The van der Waals surface area contributed by atoms with Gasteiger partial charge in [0.15, 0.2) is 10.9 Å². The zero-order valence-electron chi connectivity index (χ0n) is 10.5. The Kier molecular flexibility index (Phi) is 4.81. The van der Waals surface area contributed by atoms with Crippen molar-refractivity contribution in [2.45, 2.75) is 17.6 Å². The van der Waals surface area contributed by atoms with Gasteiger partial charge in [-0.15, -0.1) is 0 Å². The second-order valence-electron chi connectivity index (χ2n) is 4.15. The monoisotopic (exact) mass is 301 g/mol. The Morgan fingerprint density at radius 1 is 1.58 bits per heavy atom. The third-order valence-electron chi connectivity index (χ3n) is 2.89. The SMILES string of the molecule is CSc1ccc(C(=O)N2CCSCC2CC(=O)O)o1. The molecule has 1 N–H and O–H groups in total. The van der Waals surface area contributed by atoms with Crippen molar-refractivity contribution in [3.05, 3.63) is 17.9 Å². The van der Waals surface area contributed by atoms with Gasteiger partial charge in [-0.05, 0) is 18.4 Å². The highest BCUT2D eigenvalue weighted by Gasteiger charge is 2.30. The summed E-state index contributed by atoms with van der Waals surface area (Å²) >= 11 is 3.11. The van der Waals surface area contributed by atoms with Crippen LogP contribution in [-0.2, 0) is 4.79 Å². The van der Waals surface area contributed by atoms with Gasteiger partial charge in [0.2, 0.25) is 0 Å². The molecule has 2 rings (SSSR count). The van der Waals surface area contributed by atoms with Crippen molar-refractivity contribution in [3.8, 4) is 0 Å². The molecule has 0 aliphatic carbocycles. The van der Waals surface area contributed by atoms with Crippen LogP contribution >= 0.6 is 23.5 Å². The van der Waals surface area contributed by atoms with Crippen LogP contribution in [0.2, 0.25) is 0 Å². The summed E-state index contributed by atoms with van der Waals surface area (Å²) in [5, 5.41) is 9.59. The van der Waals surface area contributed by atoms with E-state index in [2.05, 4.69) is 0 Å². The van der Waals surface area contributed by atoms with Crippen LogP contribution in [0.5, 0.6) is 0 Å². The van der Waals surface area contributed by atoms with Crippen molar-refractivity contribution in [1.82, 2.24) is 4.90 Å². The first-order chi connectivity index (χ1) is 9.11. The molecule has 1 atom stereocenters. The summed E-state index contributed by atoms with van der Waals surface area (Å²) in [6.45, 7) is 0.566. The Morgan fingerprint density at radius 3 is 3.00 bits per heavy atom. The van der Waals surface area contributed by atoms with Gasteiger partial charge in [-0.25, -0.2) is 0 Å². The Labute approximate surface area is 119 Å². The highest BCUT2D eigenvalue weighted by Crippen LogP contribution is 2.24. The zero-order chi connectivity index (χ0) is 13.8. The van der Waals surface area contributed by atoms with E-state index in [9.17, 15) is 9.59 Å². The minimum Gasteiger partial charge on any atom is -0.481 e. The summed E-state index contributed by atoms with van der Waals surface area (Å²) in [7, 11) is 0. The lowest BCUT2D eigenvalue weighted by molar-refractivity contribution is -0.138. The van der Waals surface area contributed by atoms with Crippen molar-refractivity contribution in [2.24, 2.45) is 0 Å². The standard InChI is InChI=1S/C12H15NO4S2/c1-18-11-3-2-9(17-11)12(16)13-4-5-19-7-8(13)6-10(14)15/h2-3,8H,4-7H2,1H3,(H,14,15). The number of nitrogens with zero attached hydrogens (tertiary/aromatic N) is 1.